The summed E-state index contributed by atoms with van der Waals surface area (Å²) in [7, 11) is 0. The molecule has 1 aromatic heterocycles. The summed E-state index contributed by atoms with van der Waals surface area (Å²) in [6, 6.07) is 4.72. The summed E-state index contributed by atoms with van der Waals surface area (Å²) in [4.78, 5) is 17.0. The molecule has 2 aromatic rings. The summed E-state index contributed by atoms with van der Waals surface area (Å²) in [5.74, 6) is 0.485. The van der Waals surface area contributed by atoms with Crippen molar-refractivity contribution in [2.75, 3.05) is 25.1 Å². The van der Waals surface area contributed by atoms with E-state index in [9.17, 15) is 18.0 Å². The zero-order valence-electron chi connectivity index (χ0n) is 17.4. The first-order valence-electron chi connectivity index (χ1n) is 10.1. The molecule has 31 heavy (non-hydrogen) atoms. The highest BCUT2D eigenvalue weighted by molar-refractivity contribution is 6.33. The highest BCUT2D eigenvalue weighted by Gasteiger charge is 2.31. The fourth-order valence-electron chi connectivity index (χ4n) is 3.42. The van der Waals surface area contributed by atoms with Crippen LogP contribution in [0, 0.1) is 5.92 Å². The fraction of sp³-hybridized carbons (Fsp3) is 0.455. The van der Waals surface area contributed by atoms with E-state index in [1.165, 1.54) is 12.3 Å². The Balaban J connectivity index is 1.78. The molecule has 1 saturated heterocycles. The van der Waals surface area contributed by atoms with E-state index in [-0.39, 0.29) is 22.5 Å². The van der Waals surface area contributed by atoms with Crippen LogP contribution < -0.4 is 10.6 Å². The zero-order valence-corrected chi connectivity index (χ0v) is 18.1. The van der Waals surface area contributed by atoms with Crippen LogP contribution in [0.2, 0.25) is 5.02 Å². The van der Waals surface area contributed by atoms with Crippen molar-refractivity contribution < 1.29 is 22.7 Å². The van der Waals surface area contributed by atoms with Gasteiger partial charge in [-0.15, -0.1) is 0 Å². The van der Waals surface area contributed by atoms with Gasteiger partial charge in [-0.3, -0.25) is 4.79 Å². The van der Waals surface area contributed by atoms with Gasteiger partial charge >= 0.3 is 6.18 Å². The topological polar surface area (TPSA) is 63.2 Å². The van der Waals surface area contributed by atoms with Crippen LogP contribution in [0.15, 0.2) is 30.5 Å². The van der Waals surface area contributed by atoms with Crippen LogP contribution in [0.1, 0.15) is 54.1 Å². The van der Waals surface area contributed by atoms with E-state index < -0.39 is 11.7 Å². The largest absolute Gasteiger partial charge is 0.416 e. The van der Waals surface area contributed by atoms with Crippen molar-refractivity contribution in [1.82, 2.24) is 10.3 Å². The predicted octanol–water partition coefficient (Wildman–Crippen LogP) is 5.78. The molecule has 0 unspecified atom stereocenters. The number of hydrogen-bond donors (Lipinski definition) is 2. The molecule has 0 saturated carbocycles. The summed E-state index contributed by atoms with van der Waals surface area (Å²) in [6.45, 7) is 5.85. The van der Waals surface area contributed by atoms with Gasteiger partial charge in [0.2, 0.25) is 0 Å². The molecule has 5 nitrogen and oxygen atoms in total. The fourth-order valence-corrected chi connectivity index (χ4v) is 3.59. The van der Waals surface area contributed by atoms with Gasteiger partial charge in [0.05, 0.1) is 21.8 Å². The lowest BCUT2D eigenvalue weighted by Gasteiger charge is -2.22. The van der Waals surface area contributed by atoms with Gasteiger partial charge in [0, 0.05) is 26.0 Å². The Kier molecular flexibility index (Phi) is 7.43. The smallest absolute Gasteiger partial charge is 0.381 e. The number of anilines is 2. The summed E-state index contributed by atoms with van der Waals surface area (Å²) < 4.78 is 44.4. The van der Waals surface area contributed by atoms with Gasteiger partial charge in [0.25, 0.3) is 5.91 Å². The monoisotopic (exact) mass is 455 g/mol. The highest BCUT2D eigenvalue weighted by atomic mass is 35.5. The van der Waals surface area contributed by atoms with Crippen molar-refractivity contribution in [3.8, 4) is 0 Å². The van der Waals surface area contributed by atoms with Crippen LogP contribution >= 0.6 is 11.6 Å². The molecular formula is C22H25ClF3N3O2. The Bertz CT molecular complexity index is 929. The summed E-state index contributed by atoms with van der Waals surface area (Å²) >= 11 is 6.06. The Morgan fingerprint density at radius 3 is 2.61 bits per heavy atom. The maximum Gasteiger partial charge on any atom is 0.416 e. The standard InChI is InChI=1S/C22H25ClF3N3O2/c1-13(2)16-10-20(29-19-9-15(22(24,25)26)3-4-18(19)23)27-12-17(16)21(30)28-11-14-5-7-31-8-6-14/h3-4,9-10,12-14H,5-8,11H2,1-2H3,(H,27,29)(H,28,30). The average Bonchev–Trinajstić information content (AvgIpc) is 2.73. The number of ether oxygens (including phenoxy) is 1. The van der Waals surface area contributed by atoms with Gasteiger partial charge in [-0.2, -0.15) is 13.2 Å². The van der Waals surface area contributed by atoms with Gasteiger partial charge < -0.3 is 15.4 Å². The van der Waals surface area contributed by atoms with E-state index in [2.05, 4.69) is 15.6 Å². The third-order valence-corrected chi connectivity index (χ3v) is 5.58. The predicted molar refractivity (Wildman–Crippen MR) is 114 cm³/mol. The van der Waals surface area contributed by atoms with Gasteiger partial charge in [-0.1, -0.05) is 25.4 Å². The third-order valence-electron chi connectivity index (χ3n) is 5.25. The maximum atomic E-state index is 13.0. The molecule has 0 radical (unpaired) electrons. The van der Waals surface area contributed by atoms with E-state index in [1.807, 2.05) is 13.8 Å². The van der Waals surface area contributed by atoms with Crippen LogP contribution in [0.5, 0.6) is 0 Å². The number of aromatic nitrogens is 1. The Labute approximate surface area is 184 Å². The lowest BCUT2D eigenvalue weighted by molar-refractivity contribution is -0.137. The Morgan fingerprint density at radius 1 is 1.26 bits per heavy atom. The van der Waals surface area contributed by atoms with Crippen molar-refractivity contribution >= 4 is 29.0 Å². The van der Waals surface area contributed by atoms with Crippen LogP contribution in [0.25, 0.3) is 0 Å². The van der Waals surface area contributed by atoms with Crippen LogP contribution in [0.4, 0.5) is 24.7 Å². The second-order valence-electron chi connectivity index (χ2n) is 7.89. The van der Waals surface area contributed by atoms with Gasteiger partial charge in [-0.25, -0.2) is 4.98 Å². The van der Waals surface area contributed by atoms with E-state index in [0.717, 1.165) is 30.5 Å². The quantitative estimate of drug-likeness (QED) is 0.579. The Morgan fingerprint density at radius 2 is 1.97 bits per heavy atom. The normalized spacial score (nSPS) is 15.2. The van der Waals surface area contributed by atoms with E-state index >= 15 is 0 Å². The van der Waals surface area contributed by atoms with Crippen LogP contribution in [-0.2, 0) is 10.9 Å². The summed E-state index contributed by atoms with van der Waals surface area (Å²) in [5, 5.41) is 5.94. The molecule has 0 bridgehead atoms. The molecule has 0 spiro atoms. The zero-order chi connectivity index (χ0) is 22.6. The second kappa shape index (κ2) is 9.87. The molecule has 1 amide bonds. The van der Waals surface area contributed by atoms with Crippen molar-refractivity contribution in [2.24, 2.45) is 5.92 Å². The number of nitrogens with one attached hydrogen (secondary N) is 2. The van der Waals surface area contributed by atoms with Crippen LogP contribution in [0.3, 0.4) is 0 Å². The molecular weight excluding hydrogens is 431 g/mol. The first-order valence-corrected chi connectivity index (χ1v) is 10.5. The number of hydrogen-bond acceptors (Lipinski definition) is 4. The van der Waals surface area contributed by atoms with Gasteiger partial charge in [-0.05, 0) is 54.5 Å². The number of rotatable bonds is 6. The minimum absolute atomic E-state index is 0.00404. The van der Waals surface area contributed by atoms with Crippen molar-refractivity contribution in [1.29, 1.82) is 0 Å². The molecule has 0 aliphatic carbocycles. The number of pyridine rings is 1. The molecule has 3 rings (SSSR count). The number of amides is 1. The molecule has 168 valence electrons. The second-order valence-corrected chi connectivity index (χ2v) is 8.30. The third kappa shape index (κ3) is 6.11. The minimum atomic E-state index is -4.48. The molecule has 9 heteroatoms. The molecule has 1 aromatic carbocycles. The lowest BCUT2D eigenvalue weighted by Crippen LogP contribution is -2.32. The average molecular weight is 456 g/mol. The Hall–Kier alpha value is -2.32. The minimum Gasteiger partial charge on any atom is -0.381 e. The number of carbonyl (C=O) groups excluding carboxylic acids is 1. The lowest BCUT2D eigenvalue weighted by atomic mass is 9.97. The SMILES string of the molecule is CC(C)c1cc(Nc2cc(C(F)(F)F)ccc2Cl)ncc1C(=O)NCC1CCOCC1. The van der Waals surface area contributed by atoms with Gasteiger partial charge in [0.15, 0.2) is 0 Å². The summed E-state index contributed by atoms with van der Waals surface area (Å²) in [5.41, 5.74) is 0.468. The first-order chi connectivity index (χ1) is 14.6. The number of carbonyl (C=O) groups is 1. The van der Waals surface area contributed by atoms with Crippen molar-refractivity contribution in [3.05, 3.63) is 52.2 Å². The van der Waals surface area contributed by atoms with Crippen molar-refractivity contribution in [2.45, 2.75) is 38.8 Å². The molecule has 1 aliphatic rings. The number of alkyl halides is 3. The number of nitrogens with zero attached hydrogens (tertiary/aromatic N) is 1. The molecule has 1 fully saturated rings. The molecule has 2 N–H and O–H groups in total. The molecule has 2 heterocycles. The van der Waals surface area contributed by atoms with Crippen LogP contribution in [-0.4, -0.2) is 30.6 Å². The number of halogens is 4. The van der Waals surface area contributed by atoms with Crippen molar-refractivity contribution in [3.63, 3.8) is 0 Å². The molecule has 1 aliphatic heterocycles. The maximum absolute atomic E-state index is 13.0. The first kappa shape index (κ1) is 23.3. The summed E-state index contributed by atoms with van der Waals surface area (Å²) in [6.07, 6.45) is -1.21. The van der Waals surface area contributed by atoms with Gasteiger partial charge in [0.1, 0.15) is 5.82 Å². The van der Waals surface area contributed by atoms with E-state index in [4.69, 9.17) is 16.3 Å². The highest BCUT2D eigenvalue weighted by Crippen LogP contribution is 2.35. The number of benzene rings is 1. The van der Waals surface area contributed by atoms with E-state index in [0.29, 0.717) is 37.1 Å². The van der Waals surface area contributed by atoms with E-state index in [1.54, 1.807) is 6.07 Å². The molecule has 0 atom stereocenters.